The Bertz CT molecular complexity index is 1820. The molecule has 1 fully saturated rings. The number of hydrogen-bond acceptors (Lipinski definition) is 7. The van der Waals surface area contributed by atoms with E-state index in [-0.39, 0.29) is 18.4 Å². The van der Waals surface area contributed by atoms with Gasteiger partial charge in [0.2, 0.25) is 0 Å². The van der Waals surface area contributed by atoms with Crippen LogP contribution in [0.25, 0.3) is 10.9 Å². The van der Waals surface area contributed by atoms with Crippen LogP contribution >= 0.6 is 11.6 Å². The molecule has 0 bridgehead atoms. The maximum Gasteiger partial charge on any atom is 0.330 e. The highest BCUT2D eigenvalue weighted by Gasteiger charge is 2.42. The molecule has 6 rings (SSSR count). The molecule has 0 saturated carbocycles. The first-order chi connectivity index (χ1) is 21.3. The van der Waals surface area contributed by atoms with E-state index in [1.165, 1.54) is 10.6 Å². The third kappa shape index (κ3) is 5.39. The molecular weight excluding hydrogens is 584 g/mol. The number of fused-ring (bicyclic) bond motifs is 1. The van der Waals surface area contributed by atoms with Gasteiger partial charge in [0.15, 0.2) is 0 Å². The van der Waals surface area contributed by atoms with Crippen LogP contribution in [0.2, 0.25) is 5.02 Å². The van der Waals surface area contributed by atoms with Gasteiger partial charge in [-0.2, -0.15) is 0 Å². The van der Waals surface area contributed by atoms with Gasteiger partial charge in [0, 0.05) is 11.4 Å². The fourth-order valence-corrected chi connectivity index (χ4v) is 6.00. The van der Waals surface area contributed by atoms with Crippen LogP contribution in [0.1, 0.15) is 29.3 Å². The maximum absolute atomic E-state index is 13.0. The standard InChI is InChI=1S/C34H31ClN2O7/c1-41-25-13-8-22(9-14-25)34(21-6-4-3-5-7-21,23-10-15-26(42-2)16-11-23)43-20-30-29(38)19-31(44-30)37-28-17-12-24(35)18-27(28)32(39)36-33(37)40/h3-18,29-31,38H,19-20H2,1-2H3,(H,36,39,40)/t29-,30+,31+/m0/s1. The lowest BCUT2D eigenvalue weighted by Gasteiger charge is -2.37. The Kier molecular flexibility index (Phi) is 8.29. The van der Waals surface area contributed by atoms with Crippen LogP contribution in [0, 0.1) is 0 Å². The summed E-state index contributed by atoms with van der Waals surface area (Å²) in [7, 11) is 3.22. The largest absolute Gasteiger partial charge is 0.497 e. The lowest BCUT2D eigenvalue weighted by Crippen LogP contribution is -2.38. The number of rotatable bonds is 9. The first-order valence-corrected chi connectivity index (χ1v) is 14.5. The van der Waals surface area contributed by atoms with Crippen LogP contribution in [-0.2, 0) is 15.1 Å². The number of aromatic amines is 1. The fourth-order valence-electron chi connectivity index (χ4n) is 5.82. The molecule has 2 N–H and O–H groups in total. The Morgan fingerprint density at radius 1 is 0.886 bits per heavy atom. The van der Waals surface area contributed by atoms with Crippen molar-refractivity contribution in [2.75, 3.05) is 20.8 Å². The third-order valence-corrected chi connectivity index (χ3v) is 8.27. The van der Waals surface area contributed by atoms with Crippen LogP contribution < -0.4 is 20.7 Å². The van der Waals surface area contributed by atoms with E-state index < -0.39 is 35.3 Å². The van der Waals surface area contributed by atoms with Crippen molar-refractivity contribution in [3.05, 3.63) is 140 Å². The van der Waals surface area contributed by atoms with Crippen LogP contribution in [-0.4, -0.2) is 47.7 Å². The number of aliphatic hydroxyl groups is 1. The van der Waals surface area contributed by atoms with E-state index in [1.54, 1.807) is 26.4 Å². The van der Waals surface area contributed by atoms with Gasteiger partial charge in [0.25, 0.3) is 5.56 Å². The van der Waals surface area contributed by atoms with E-state index in [9.17, 15) is 14.7 Å². The van der Waals surface area contributed by atoms with Crippen molar-refractivity contribution in [3.63, 3.8) is 0 Å². The zero-order chi connectivity index (χ0) is 30.8. The summed E-state index contributed by atoms with van der Waals surface area (Å²) in [5.74, 6) is 1.39. The van der Waals surface area contributed by atoms with Crippen molar-refractivity contribution in [3.8, 4) is 11.5 Å². The Balaban J connectivity index is 1.39. The highest BCUT2D eigenvalue weighted by molar-refractivity contribution is 6.31. The van der Waals surface area contributed by atoms with E-state index in [4.69, 9.17) is 30.5 Å². The summed E-state index contributed by atoms with van der Waals surface area (Å²) in [6.45, 7) is -0.0213. The van der Waals surface area contributed by atoms with Crippen molar-refractivity contribution in [1.29, 1.82) is 0 Å². The molecule has 0 aliphatic carbocycles. The Hall–Kier alpha value is -4.41. The number of benzene rings is 4. The van der Waals surface area contributed by atoms with E-state index >= 15 is 0 Å². The molecule has 10 heteroatoms. The average molecular weight is 615 g/mol. The quantitative estimate of drug-likeness (QED) is 0.224. The molecule has 5 aromatic rings. The van der Waals surface area contributed by atoms with Crippen molar-refractivity contribution in [2.45, 2.75) is 30.5 Å². The topological polar surface area (TPSA) is 112 Å². The fraction of sp³-hybridized carbons (Fsp3) is 0.235. The number of hydrogen-bond donors (Lipinski definition) is 2. The van der Waals surface area contributed by atoms with E-state index in [1.807, 2.05) is 78.9 Å². The molecule has 9 nitrogen and oxygen atoms in total. The van der Waals surface area contributed by atoms with E-state index in [0.29, 0.717) is 22.0 Å². The third-order valence-electron chi connectivity index (χ3n) is 8.03. The van der Waals surface area contributed by atoms with Gasteiger partial charge in [-0.05, 0) is 59.2 Å². The number of ether oxygens (including phenoxy) is 4. The van der Waals surface area contributed by atoms with Crippen molar-refractivity contribution >= 4 is 22.5 Å². The van der Waals surface area contributed by atoms with Crippen LogP contribution in [0.4, 0.5) is 0 Å². The molecule has 1 saturated heterocycles. The number of methoxy groups -OCH3 is 2. The summed E-state index contributed by atoms with van der Waals surface area (Å²) in [4.78, 5) is 27.8. The van der Waals surface area contributed by atoms with Crippen LogP contribution in [0.3, 0.4) is 0 Å². The molecule has 0 amide bonds. The van der Waals surface area contributed by atoms with Crippen molar-refractivity contribution in [2.24, 2.45) is 0 Å². The van der Waals surface area contributed by atoms with Crippen LogP contribution in [0.5, 0.6) is 11.5 Å². The monoisotopic (exact) mass is 614 g/mol. The lowest BCUT2D eigenvalue weighted by molar-refractivity contribution is -0.0936. The van der Waals surface area contributed by atoms with Crippen molar-refractivity contribution < 1.29 is 24.1 Å². The van der Waals surface area contributed by atoms with Gasteiger partial charge >= 0.3 is 5.69 Å². The summed E-state index contributed by atoms with van der Waals surface area (Å²) in [5.41, 5.74) is 0.583. The number of nitrogens with zero attached hydrogens (tertiary/aromatic N) is 1. The second-order valence-corrected chi connectivity index (χ2v) is 11.0. The summed E-state index contributed by atoms with van der Waals surface area (Å²) in [6.07, 6.45) is -2.48. The summed E-state index contributed by atoms with van der Waals surface area (Å²) >= 11 is 6.12. The normalized spacial score (nSPS) is 18.4. The second kappa shape index (κ2) is 12.3. The number of H-pyrrole nitrogens is 1. The predicted molar refractivity (Wildman–Crippen MR) is 167 cm³/mol. The minimum Gasteiger partial charge on any atom is -0.497 e. The SMILES string of the molecule is COc1ccc(C(OC[C@H]2O[C@@H](n3c(=O)[nH]c(=O)c4cc(Cl)ccc43)C[C@@H]2O)(c2ccccc2)c2ccc(OC)cc2)cc1. The minimum atomic E-state index is -1.11. The second-order valence-electron chi connectivity index (χ2n) is 10.5. The van der Waals surface area contributed by atoms with Gasteiger partial charge in [0.05, 0.1) is 37.8 Å². The molecule has 3 atom stereocenters. The number of nitrogens with one attached hydrogen (secondary N) is 1. The maximum atomic E-state index is 13.0. The highest BCUT2D eigenvalue weighted by Crippen LogP contribution is 2.42. The Morgan fingerprint density at radius 3 is 2.07 bits per heavy atom. The van der Waals surface area contributed by atoms with Crippen LogP contribution in [0.15, 0.2) is 107 Å². The molecule has 226 valence electrons. The zero-order valence-electron chi connectivity index (χ0n) is 24.1. The smallest absolute Gasteiger partial charge is 0.330 e. The number of aliphatic hydroxyl groups excluding tert-OH is 1. The van der Waals surface area contributed by atoms with Crippen molar-refractivity contribution in [1.82, 2.24) is 9.55 Å². The van der Waals surface area contributed by atoms with Gasteiger partial charge in [-0.25, -0.2) is 4.79 Å². The Labute approximate surface area is 258 Å². The minimum absolute atomic E-state index is 0.0213. The number of aromatic nitrogens is 2. The first kappa shape index (κ1) is 29.7. The van der Waals surface area contributed by atoms with Gasteiger partial charge in [-0.3, -0.25) is 14.3 Å². The molecule has 1 aromatic heterocycles. The molecule has 4 aromatic carbocycles. The molecule has 0 unspecified atom stereocenters. The van der Waals surface area contributed by atoms with Gasteiger partial charge < -0.3 is 24.1 Å². The molecule has 0 radical (unpaired) electrons. The number of halogens is 1. The molecule has 1 aliphatic rings. The van der Waals surface area contributed by atoms with Gasteiger partial charge in [-0.1, -0.05) is 66.2 Å². The van der Waals surface area contributed by atoms with Gasteiger partial charge in [0.1, 0.15) is 29.4 Å². The Morgan fingerprint density at radius 2 is 1.48 bits per heavy atom. The molecular formula is C34H31ClN2O7. The highest BCUT2D eigenvalue weighted by atomic mass is 35.5. The van der Waals surface area contributed by atoms with E-state index in [0.717, 1.165) is 16.7 Å². The molecule has 44 heavy (non-hydrogen) atoms. The average Bonchev–Trinajstić information content (AvgIpc) is 3.42. The zero-order valence-corrected chi connectivity index (χ0v) is 24.9. The lowest BCUT2D eigenvalue weighted by atomic mass is 9.80. The summed E-state index contributed by atoms with van der Waals surface area (Å²) < 4.78 is 25.4. The molecule has 1 aliphatic heterocycles. The molecule has 2 heterocycles. The molecule has 0 spiro atoms. The van der Waals surface area contributed by atoms with E-state index in [2.05, 4.69) is 4.98 Å². The van der Waals surface area contributed by atoms with Gasteiger partial charge in [-0.15, -0.1) is 0 Å². The summed E-state index contributed by atoms with van der Waals surface area (Å²) in [5, 5.41) is 11.8. The predicted octanol–water partition coefficient (Wildman–Crippen LogP) is 5.02. The first-order valence-electron chi connectivity index (χ1n) is 14.1. The summed E-state index contributed by atoms with van der Waals surface area (Å²) in [6, 6.07) is 29.8.